The number of fused-ring (bicyclic) bond motifs is 3. The summed E-state index contributed by atoms with van der Waals surface area (Å²) >= 11 is 0. The van der Waals surface area contributed by atoms with Gasteiger partial charge in [0.2, 0.25) is 5.79 Å². The summed E-state index contributed by atoms with van der Waals surface area (Å²) in [5, 5.41) is 0. The molecule has 4 heteroatoms. The molecule has 17 heavy (non-hydrogen) atoms. The van der Waals surface area contributed by atoms with Crippen LogP contribution < -0.4 is 0 Å². The van der Waals surface area contributed by atoms with Crippen molar-refractivity contribution in [2.45, 2.75) is 51.5 Å². The molecule has 3 aliphatic rings. The van der Waals surface area contributed by atoms with Crippen LogP contribution in [0.4, 0.5) is 0 Å². The molecular weight excluding hydrogens is 220 g/mol. The molecule has 0 radical (unpaired) electrons. The molecule has 1 aliphatic carbocycles. The first kappa shape index (κ1) is 11.3. The standard InChI is InChI=1S/C13H18O4/c1-12(2)14-7-8-5-6-9-11(10(8)16-12)17-13(3,4)15-9/h5-6,10-11H,7H2,1-4H3/t10-,11-/m1/s1. The van der Waals surface area contributed by atoms with Crippen LogP contribution in [0.3, 0.4) is 0 Å². The summed E-state index contributed by atoms with van der Waals surface area (Å²) in [6, 6.07) is 0. The summed E-state index contributed by atoms with van der Waals surface area (Å²) in [4.78, 5) is 0. The van der Waals surface area contributed by atoms with Gasteiger partial charge in [-0.1, -0.05) is 6.08 Å². The number of ether oxygens (including phenoxy) is 4. The molecule has 94 valence electrons. The summed E-state index contributed by atoms with van der Waals surface area (Å²) in [7, 11) is 0. The normalized spacial score (nSPS) is 37.4. The van der Waals surface area contributed by atoms with Crippen LogP contribution in [-0.2, 0) is 18.9 Å². The summed E-state index contributed by atoms with van der Waals surface area (Å²) in [6.45, 7) is 8.25. The van der Waals surface area contributed by atoms with Crippen LogP contribution in [0.25, 0.3) is 0 Å². The fourth-order valence-corrected chi connectivity index (χ4v) is 2.41. The predicted octanol–water partition coefficient (Wildman–Crippen LogP) is 2.11. The Hall–Kier alpha value is -0.840. The highest BCUT2D eigenvalue weighted by molar-refractivity contribution is 5.32. The molecule has 0 saturated carbocycles. The van der Waals surface area contributed by atoms with Gasteiger partial charge in [-0.2, -0.15) is 0 Å². The van der Waals surface area contributed by atoms with E-state index in [1.165, 1.54) is 0 Å². The smallest absolute Gasteiger partial charge is 0.205 e. The fourth-order valence-electron chi connectivity index (χ4n) is 2.41. The Morgan fingerprint density at radius 3 is 2.47 bits per heavy atom. The van der Waals surface area contributed by atoms with E-state index in [0.717, 1.165) is 11.3 Å². The third-order valence-corrected chi connectivity index (χ3v) is 3.15. The van der Waals surface area contributed by atoms with E-state index in [1.807, 2.05) is 39.8 Å². The minimum absolute atomic E-state index is 0.0967. The first-order valence-corrected chi connectivity index (χ1v) is 5.96. The maximum Gasteiger partial charge on any atom is 0.205 e. The summed E-state index contributed by atoms with van der Waals surface area (Å²) < 4.78 is 23.2. The van der Waals surface area contributed by atoms with Crippen molar-refractivity contribution in [1.82, 2.24) is 0 Å². The topological polar surface area (TPSA) is 36.9 Å². The Morgan fingerprint density at radius 2 is 1.71 bits per heavy atom. The molecule has 2 heterocycles. The van der Waals surface area contributed by atoms with Gasteiger partial charge < -0.3 is 18.9 Å². The van der Waals surface area contributed by atoms with Crippen molar-refractivity contribution >= 4 is 0 Å². The first-order chi connectivity index (χ1) is 7.86. The van der Waals surface area contributed by atoms with E-state index in [9.17, 15) is 0 Å². The molecule has 0 bridgehead atoms. The van der Waals surface area contributed by atoms with E-state index < -0.39 is 11.6 Å². The van der Waals surface area contributed by atoms with Gasteiger partial charge in [0.05, 0.1) is 6.61 Å². The van der Waals surface area contributed by atoms with Crippen molar-refractivity contribution in [2.75, 3.05) is 6.61 Å². The zero-order valence-electron chi connectivity index (χ0n) is 10.6. The average molecular weight is 238 g/mol. The minimum atomic E-state index is -0.578. The first-order valence-electron chi connectivity index (χ1n) is 5.96. The van der Waals surface area contributed by atoms with Crippen molar-refractivity contribution in [3.8, 4) is 0 Å². The Labute approximate surface area is 101 Å². The van der Waals surface area contributed by atoms with Crippen molar-refractivity contribution in [1.29, 1.82) is 0 Å². The third kappa shape index (κ3) is 1.90. The quantitative estimate of drug-likeness (QED) is 0.647. The molecule has 2 aliphatic heterocycles. The number of hydrogen-bond donors (Lipinski definition) is 0. The molecule has 0 aromatic carbocycles. The molecule has 2 saturated heterocycles. The van der Waals surface area contributed by atoms with E-state index in [4.69, 9.17) is 18.9 Å². The minimum Gasteiger partial charge on any atom is -0.464 e. The molecule has 4 nitrogen and oxygen atoms in total. The zero-order valence-corrected chi connectivity index (χ0v) is 10.6. The second kappa shape index (κ2) is 3.34. The van der Waals surface area contributed by atoms with Gasteiger partial charge >= 0.3 is 0 Å². The molecule has 0 unspecified atom stereocenters. The molecule has 0 N–H and O–H groups in total. The maximum absolute atomic E-state index is 5.95. The Bertz CT molecular complexity index is 406. The Kier molecular flexibility index (Phi) is 2.21. The van der Waals surface area contributed by atoms with Crippen LogP contribution in [0, 0.1) is 0 Å². The third-order valence-electron chi connectivity index (χ3n) is 3.15. The lowest BCUT2D eigenvalue weighted by molar-refractivity contribution is -0.271. The van der Waals surface area contributed by atoms with E-state index in [0.29, 0.717) is 6.61 Å². The SMILES string of the molecule is CC1(C)OCC2=CC=C3OC(C)(C)O[C@H]3[C@@H]2O1. The lowest BCUT2D eigenvalue weighted by atomic mass is 9.96. The second-order valence-corrected chi connectivity index (χ2v) is 5.58. The van der Waals surface area contributed by atoms with Crippen molar-refractivity contribution in [3.05, 3.63) is 23.5 Å². The van der Waals surface area contributed by atoms with Gasteiger partial charge in [0.25, 0.3) is 0 Å². The molecule has 0 spiro atoms. The van der Waals surface area contributed by atoms with Crippen LogP contribution in [0.15, 0.2) is 23.5 Å². The lowest BCUT2D eigenvalue weighted by Crippen LogP contribution is -2.48. The van der Waals surface area contributed by atoms with Gasteiger partial charge in [0.1, 0.15) is 18.0 Å². The highest BCUT2D eigenvalue weighted by Gasteiger charge is 2.48. The summed E-state index contributed by atoms with van der Waals surface area (Å²) in [5.41, 5.74) is 1.11. The molecule has 0 aromatic heterocycles. The summed E-state index contributed by atoms with van der Waals surface area (Å²) in [6.07, 6.45) is 3.72. The lowest BCUT2D eigenvalue weighted by Gasteiger charge is -2.40. The maximum atomic E-state index is 5.95. The molecule has 0 amide bonds. The van der Waals surface area contributed by atoms with Crippen LogP contribution >= 0.6 is 0 Å². The monoisotopic (exact) mass is 238 g/mol. The number of hydrogen-bond acceptors (Lipinski definition) is 4. The zero-order chi connectivity index (χ0) is 12.3. The van der Waals surface area contributed by atoms with Crippen LogP contribution in [0.5, 0.6) is 0 Å². The molecule has 2 atom stereocenters. The van der Waals surface area contributed by atoms with Crippen LogP contribution in [-0.4, -0.2) is 30.4 Å². The van der Waals surface area contributed by atoms with E-state index in [2.05, 4.69) is 0 Å². The molecular formula is C13H18O4. The fraction of sp³-hybridized carbons (Fsp3) is 0.692. The van der Waals surface area contributed by atoms with Crippen molar-refractivity contribution in [2.24, 2.45) is 0 Å². The highest BCUT2D eigenvalue weighted by Crippen LogP contribution is 2.41. The highest BCUT2D eigenvalue weighted by atomic mass is 16.8. The largest absolute Gasteiger partial charge is 0.464 e. The number of rotatable bonds is 0. The Morgan fingerprint density at radius 1 is 1.00 bits per heavy atom. The van der Waals surface area contributed by atoms with E-state index in [-0.39, 0.29) is 12.2 Å². The van der Waals surface area contributed by atoms with Gasteiger partial charge in [0, 0.05) is 13.8 Å². The molecule has 2 fully saturated rings. The second-order valence-electron chi connectivity index (χ2n) is 5.58. The van der Waals surface area contributed by atoms with Gasteiger partial charge in [-0.3, -0.25) is 0 Å². The summed E-state index contributed by atoms with van der Waals surface area (Å²) in [5.74, 6) is -0.298. The van der Waals surface area contributed by atoms with Crippen LogP contribution in [0.2, 0.25) is 0 Å². The van der Waals surface area contributed by atoms with Gasteiger partial charge in [-0.25, -0.2) is 0 Å². The van der Waals surface area contributed by atoms with Crippen molar-refractivity contribution < 1.29 is 18.9 Å². The average Bonchev–Trinajstić information content (AvgIpc) is 2.51. The number of allylic oxidation sites excluding steroid dienone is 2. The molecule has 0 aromatic rings. The van der Waals surface area contributed by atoms with E-state index >= 15 is 0 Å². The van der Waals surface area contributed by atoms with Gasteiger partial charge in [0.15, 0.2) is 5.79 Å². The molecule has 3 rings (SSSR count). The van der Waals surface area contributed by atoms with Gasteiger partial charge in [-0.05, 0) is 25.5 Å². The van der Waals surface area contributed by atoms with Gasteiger partial charge in [-0.15, -0.1) is 0 Å². The van der Waals surface area contributed by atoms with Crippen LogP contribution in [0.1, 0.15) is 27.7 Å². The van der Waals surface area contributed by atoms with Crippen molar-refractivity contribution in [3.63, 3.8) is 0 Å². The Balaban J connectivity index is 1.89. The predicted molar refractivity (Wildman–Crippen MR) is 61.1 cm³/mol. The van der Waals surface area contributed by atoms with E-state index in [1.54, 1.807) is 0 Å².